The van der Waals surface area contributed by atoms with E-state index in [2.05, 4.69) is 21.0 Å². The van der Waals surface area contributed by atoms with Gasteiger partial charge in [0.2, 0.25) is 0 Å². The van der Waals surface area contributed by atoms with Crippen LogP contribution in [0.15, 0.2) is 35.1 Å². The molecule has 1 aromatic heterocycles. The first kappa shape index (κ1) is 13.1. The average Bonchev–Trinajstić information content (AvgIpc) is 2.78. The number of aliphatic hydroxyl groups is 1. The van der Waals surface area contributed by atoms with Crippen molar-refractivity contribution >= 4 is 15.9 Å². The quantitative estimate of drug-likeness (QED) is 0.944. The van der Waals surface area contributed by atoms with Crippen LogP contribution in [-0.4, -0.2) is 22.0 Å². The smallest absolute Gasteiger partial charge is 0.133 e. The van der Waals surface area contributed by atoms with Crippen LogP contribution in [0.3, 0.4) is 0 Å². The van der Waals surface area contributed by atoms with Crippen molar-refractivity contribution in [3.8, 4) is 5.75 Å². The van der Waals surface area contributed by atoms with Crippen molar-refractivity contribution in [3.63, 3.8) is 0 Å². The predicted octanol–water partition coefficient (Wildman–Crippen LogP) is 2.76. The first-order valence-electron chi connectivity index (χ1n) is 5.63. The van der Waals surface area contributed by atoms with Gasteiger partial charge < -0.3 is 9.84 Å². The van der Waals surface area contributed by atoms with Crippen molar-refractivity contribution < 1.29 is 9.84 Å². The number of halogens is 1. The van der Waals surface area contributed by atoms with Crippen LogP contribution in [0.25, 0.3) is 0 Å². The highest BCUT2D eigenvalue weighted by Gasteiger charge is 2.06. The van der Waals surface area contributed by atoms with E-state index in [-0.39, 0.29) is 0 Å². The molecule has 0 fully saturated rings. The van der Waals surface area contributed by atoms with Gasteiger partial charge in [-0.25, -0.2) is 0 Å². The highest BCUT2D eigenvalue weighted by molar-refractivity contribution is 9.10. The number of ether oxygens (including phenoxy) is 1. The summed E-state index contributed by atoms with van der Waals surface area (Å²) in [7, 11) is 1.64. The first-order valence-corrected chi connectivity index (χ1v) is 6.42. The van der Waals surface area contributed by atoms with Crippen molar-refractivity contribution in [2.75, 3.05) is 7.11 Å². The Labute approximate surface area is 114 Å². The van der Waals surface area contributed by atoms with E-state index in [9.17, 15) is 5.11 Å². The van der Waals surface area contributed by atoms with Crippen molar-refractivity contribution in [3.05, 3.63) is 46.2 Å². The minimum absolute atomic E-state index is 0.485. The van der Waals surface area contributed by atoms with Crippen LogP contribution in [0.1, 0.15) is 24.2 Å². The van der Waals surface area contributed by atoms with E-state index in [4.69, 9.17) is 4.74 Å². The van der Waals surface area contributed by atoms with Crippen LogP contribution in [0.4, 0.5) is 0 Å². The zero-order valence-electron chi connectivity index (χ0n) is 10.3. The maximum absolute atomic E-state index is 9.44. The number of rotatable bonds is 4. The SMILES string of the molecule is COc1ccc(Cn2cc(C(C)O)cn2)cc1Br. The minimum atomic E-state index is -0.485. The summed E-state index contributed by atoms with van der Waals surface area (Å²) in [6.45, 7) is 2.39. The molecule has 1 N–H and O–H groups in total. The van der Waals surface area contributed by atoms with E-state index in [1.165, 1.54) is 0 Å². The summed E-state index contributed by atoms with van der Waals surface area (Å²) in [6.07, 6.45) is 3.05. The van der Waals surface area contributed by atoms with Gasteiger partial charge in [0.1, 0.15) is 5.75 Å². The fourth-order valence-electron chi connectivity index (χ4n) is 1.68. The van der Waals surface area contributed by atoms with Crippen molar-refractivity contribution in [2.24, 2.45) is 0 Å². The Hall–Kier alpha value is -1.33. The van der Waals surface area contributed by atoms with Crippen LogP contribution < -0.4 is 4.74 Å². The molecule has 5 heteroatoms. The zero-order chi connectivity index (χ0) is 13.1. The maximum atomic E-state index is 9.44. The van der Waals surface area contributed by atoms with Gasteiger partial charge in [0.15, 0.2) is 0 Å². The average molecular weight is 311 g/mol. The van der Waals surface area contributed by atoms with Crippen LogP contribution in [0.2, 0.25) is 0 Å². The van der Waals surface area contributed by atoms with Gasteiger partial charge in [0.05, 0.1) is 30.4 Å². The van der Waals surface area contributed by atoms with Gasteiger partial charge in [-0.1, -0.05) is 6.07 Å². The first-order chi connectivity index (χ1) is 8.60. The molecule has 1 unspecified atom stereocenters. The van der Waals surface area contributed by atoms with E-state index in [0.717, 1.165) is 21.3 Å². The maximum Gasteiger partial charge on any atom is 0.133 e. The number of benzene rings is 1. The molecule has 0 saturated heterocycles. The monoisotopic (exact) mass is 310 g/mol. The Balaban J connectivity index is 2.15. The fourth-order valence-corrected chi connectivity index (χ4v) is 2.27. The molecule has 1 atom stereocenters. The third-order valence-electron chi connectivity index (χ3n) is 2.70. The van der Waals surface area contributed by atoms with Gasteiger partial charge in [-0.3, -0.25) is 4.68 Å². The lowest BCUT2D eigenvalue weighted by molar-refractivity contribution is 0.199. The number of aliphatic hydroxyl groups excluding tert-OH is 1. The number of methoxy groups -OCH3 is 1. The van der Waals surface area contributed by atoms with Crippen molar-refractivity contribution in [1.29, 1.82) is 0 Å². The zero-order valence-corrected chi connectivity index (χ0v) is 11.9. The highest BCUT2D eigenvalue weighted by atomic mass is 79.9. The van der Waals surface area contributed by atoms with Gasteiger partial charge in [0.25, 0.3) is 0 Å². The molecule has 1 aromatic carbocycles. The normalized spacial score (nSPS) is 12.4. The number of hydrogen-bond donors (Lipinski definition) is 1. The Morgan fingerprint density at radius 2 is 2.28 bits per heavy atom. The summed E-state index contributed by atoms with van der Waals surface area (Å²) < 4.78 is 7.91. The molecule has 0 aliphatic rings. The molecule has 0 aliphatic heterocycles. The molecule has 0 bridgehead atoms. The molecule has 1 heterocycles. The van der Waals surface area contributed by atoms with Gasteiger partial charge >= 0.3 is 0 Å². The van der Waals surface area contributed by atoms with E-state index >= 15 is 0 Å². The van der Waals surface area contributed by atoms with Crippen LogP contribution in [0.5, 0.6) is 5.75 Å². The summed E-state index contributed by atoms with van der Waals surface area (Å²) >= 11 is 3.45. The second kappa shape index (κ2) is 5.54. The number of nitrogens with zero attached hydrogens (tertiary/aromatic N) is 2. The largest absolute Gasteiger partial charge is 0.496 e. The number of hydrogen-bond acceptors (Lipinski definition) is 3. The molecule has 2 rings (SSSR count). The lowest BCUT2D eigenvalue weighted by atomic mass is 10.2. The molecule has 0 amide bonds. The van der Waals surface area contributed by atoms with Crippen LogP contribution >= 0.6 is 15.9 Å². The second-order valence-corrected chi connectivity index (χ2v) is 4.97. The molecular weight excluding hydrogens is 296 g/mol. The summed E-state index contributed by atoms with van der Waals surface area (Å²) in [4.78, 5) is 0. The third-order valence-corrected chi connectivity index (χ3v) is 3.32. The van der Waals surface area contributed by atoms with E-state index in [1.807, 2.05) is 24.4 Å². The summed E-state index contributed by atoms with van der Waals surface area (Å²) in [5.74, 6) is 0.809. The topological polar surface area (TPSA) is 47.3 Å². The van der Waals surface area contributed by atoms with E-state index < -0.39 is 6.10 Å². The van der Waals surface area contributed by atoms with Crippen LogP contribution in [-0.2, 0) is 6.54 Å². The fraction of sp³-hybridized carbons (Fsp3) is 0.308. The van der Waals surface area contributed by atoms with Gasteiger partial charge in [0, 0.05) is 11.8 Å². The highest BCUT2D eigenvalue weighted by Crippen LogP contribution is 2.25. The van der Waals surface area contributed by atoms with E-state index in [1.54, 1.807) is 24.9 Å². The lowest BCUT2D eigenvalue weighted by Crippen LogP contribution is -2.00. The van der Waals surface area contributed by atoms with Gasteiger partial charge in [-0.05, 0) is 40.5 Å². The van der Waals surface area contributed by atoms with Crippen molar-refractivity contribution in [2.45, 2.75) is 19.6 Å². The molecule has 96 valence electrons. The molecule has 0 radical (unpaired) electrons. The predicted molar refractivity (Wildman–Crippen MR) is 72.7 cm³/mol. The van der Waals surface area contributed by atoms with Crippen LogP contribution in [0, 0.1) is 0 Å². The van der Waals surface area contributed by atoms with E-state index in [0.29, 0.717) is 6.54 Å². The lowest BCUT2D eigenvalue weighted by Gasteiger charge is -2.06. The number of aromatic nitrogens is 2. The van der Waals surface area contributed by atoms with Gasteiger partial charge in [-0.2, -0.15) is 5.10 Å². The Kier molecular flexibility index (Phi) is 4.04. The van der Waals surface area contributed by atoms with Gasteiger partial charge in [-0.15, -0.1) is 0 Å². The summed E-state index contributed by atoms with van der Waals surface area (Å²) in [5.41, 5.74) is 1.94. The summed E-state index contributed by atoms with van der Waals surface area (Å²) in [6, 6.07) is 5.91. The minimum Gasteiger partial charge on any atom is -0.496 e. The Bertz CT molecular complexity index is 538. The Morgan fingerprint density at radius 1 is 1.50 bits per heavy atom. The summed E-state index contributed by atoms with van der Waals surface area (Å²) in [5, 5.41) is 13.7. The standard InChI is InChI=1S/C13H15BrN2O2/c1-9(17)11-6-15-16(8-11)7-10-3-4-13(18-2)12(14)5-10/h3-6,8-9,17H,7H2,1-2H3. The molecule has 18 heavy (non-hydrogen) atoms. The third kappa shape index (κ3) is 2.91. The Morgan fingerprint density at radius 3 is 2.83 bits per heavy atom. The van der Waals surface area contributed by atoms with Crippen molar-refractivity contribution in [1.82, 2.24) is 9.78 Å². The molecule has 4 nitrogen and oxygen atoms in total. The molecular formula is C13H15BrN2O2. The molecule has 2 aromatic rings. The molecule has 0 spiro atoms. The molecule has 0 aliphatic carbocycles. The molecule has 0 saturated carbocycles. The second-order valence-electron chi connectivity index (χ2n) is 4.12.